The van der Waals surface area contributed by atoms with Gasteiger partial charge < -0.3 is 4.90 Å². The molecule has 1 aromatic carbocycles. The number of nitrogens with one attached hydrogen (secondary N) is 1. The number of benzene rings is 1. The van der Waals surface area contributed by atoms with Gasteiger partial charge in [0.1, 0.15) is 0 Å². The van der Waals surface area contributed by atoms with Gasteiger partial charge in [-0.1, -0.05) is 0 Å². The summed E-state index contributed by atoms with van der Waals surface area (Å²) in [6, 6.07) is 4.46. The lowest BCUT2D eigenvalue weighted by Crippen LogP contribution is -2.14. The second kappa shape index (κ2) is 5.76. The Balaban J connectivity index is 3.11. The van der Waals surface area contributed by atoms with Gasteiger partial charge in [-0.25, -0.2) is 5.43 Å². The Kier molecular flexibility index (Phi) is 4.36. The molecule has 0 heterocycles. The number of non-ortho nitro benzene ring substituents is 1. The number of nitro groups is 1. The molecule has 0 saturated heterocycles. The van der Waals surface area contributed by atoms with Crippen molar-refractivity contribution in [3.8, 4) is 0 Å². The van der Waals surface area contributed by atoms with Crippen LogP contribution >= 0.6 is 0 Å². The summed E-state index contributed by atoms with van der Waals surface area (Å²) in [7, 11) is 3.63. The molecule has 0 spiro atoms. The normalized spacial score (nSPS) is 10.4. The van der Waals surface area contributed by atoms with E-state index >= 15 is 0 Å². The van der Waals surface area contributed by atoms with E-state index in [1.54, 1.807) is 11.0 Å². The highest BCUT2D eigenvalue weighted by Gasteiger charge is 2.10. The van der Waals surface area contributed by atoms with Crippen LogP contribution in [0.15, 0.2) is 23.3 Å². The predicted octanol–water partition coefficient (Wildman–Crippen LogP) is 1.13. The summed E-state index contributed by atoms with van der Waals surface area (Å²) in [4.78, 5) is 22.7. The van der Waals surface area contributed by atoms with Crippen LogP contribution in [-0.4, -0.2) is 31.1 Å². The van der Waals surface area contributed by atoms with Gasteiger partial charge >= 0.3 is 0 Å². The predicted molar refractivity (Wildman–Crippen MR) is 68.8 cm³/mol. The molecule has 0 aliphatic carbocycles. The van der Waals surface area contributed by atoms with Gasteiger partial charge in [0, 0.05) is 44.4 Å². The minimum Gasteiger partial charge on any atom is -0.377 e. The largest absolute Gasteiger partial charge is 0.377 e. The summed E-state index contributed by atoms with van der Waals surface area (Å²) in [5, 5.41) is 14.4. The molecule has 1 aromatic rings. The van der Waals surface area contributed by atoms with Crippen LogP contribution in [0, 0.1) is 10.1 Å². The van der Waals surface area contributed by atoms with Crippen molar-refractivity contribution in [3.05, 3.63) is 33.9 Å². The quantitative estimate of drug-likeness (QED) is 0.493. The van der Waals surface area contributed by atoms with Crippen molar-refractivity contribution in [2.45, 2.75) is 6.92 Å². The standard InChI is InChI=1S/C11H14N4O3/c1-8(16)13-12-7-9-6-10(15(17)18)4-5-11(9)14(2)3/h4-7H,1-3H3,(H,13,16)/b12-7-. The number of carbonyl (C=O) groups is 1. The first kappa shape index (κ1) is 13.6. The van der Waals surface area contributed by atoms with E-state index in [1.807, 2.05) is 14.1 Å². The van der Waals surface area contributed by atoms with E-state index < -0.39 is 4.92 Å². The fraction of sp³-hybridized carbons (Fsp3) is 0.273. The molecule has 0 radical (unpaired) electrons. The molecule has 0 saturated carbocycles. The van der Waals surface area contributed by atoms with Crippen molar-refractivity contribution in [2.75, 3.05) is 19.0 Å². The van der Waals surface area contributed by atoms with Crippen LogP contribution in [0.4, 0.5) is 11.4 Å². The summed E-state index contributed by atoms with van der Waals surface area (Å²) in [5.41, 5.74) is 3.56. The number of nitro benzene ring substituents is 1. The van der Waals surface area contributed by atoms with Crippen LogP contribution in [0.25, 0.3) is 0 Å². The summed E-state index contributed by atoms with van der Waals surface area (Å²) in [5.74, 6) is -0.303. The lowest BCUT2D eigenvalue weighted by atomic mass is 10.1. The molecule has 0 aromatic heterocycles. The average molecular weight is 250 g/mol. The second-order valence-corrected chi connectivity index (χ2v) is 3.82. The van der Waals surface area contributed by atoms with E-state index in [0.29, 0.717) is 5.56 Å². The van der Waals surface area contributed by atoms with Crippen molar-refractivity contribution in [1.29, 1.82) is 0 Å². The van der Waals surface area contributed by atoms with Gasteiger partial charge in [0.05, 0.1) is 11.1 Å². The van der Waals surface area contributed by atoms with Gasteiger partial charge in [-0.05, 0) is 6.07 Å². The molecule has 0 aliphatic rings. The van der Waals surface area contributed by atoms with Crippen molar-refractivity contribution in [3.63, 3.8) is 0 Å². The third-order valence-electron chi connectivity index (χ3n) is 2.13. The Hall–Kier alpha value is -2.44. The Labute approximate surface area is 104 Å². The number of hydrogen-bond donors (Lipinski definition) is 1. The van der Waals surface area contributed by atoms with Gasteiger partial charge in [-0.15, -0.1) is 0 Å². The van der Waals surface area contributed by atoms with Crippen molar-refractivity contribution in [1.82, 2.24) is 5.43 Å². The molecular weight excluding hydrogens is 236 g/mol. The number of amides is 1. The van der Waals surface area contributed by atoms with Crippen molar-refractivity contribution in [2.24, 2.45) is 5.10 Å². The van der Waals surface area contributed by atoms with E-state index in [9.17, 15) is 14.9 Å². The molecule has 0 aliphatic heterocycles. The van der Waals surface area contributed by atoms with E-state index in [2.05, 4.69) is 10.5 Å². The SMILES string of the molecule is CC(=O)N/N=C\c1cc([N+](=O)[O-])ccc1N(C)C. The van der Waals surface area contributed by atoms with E-state index in [4.69, 9.17) is 0 Å². The summed E-state index contributed by atoms with van der Waals surface area (Å²) in [6.07, 6.45) is 1.38. The number of hydrogen-bond acceptors (Lipinski definition) is 5. The molecule has 7 nitrogen and oxygen atoms in total. The lowest BCUT2D eigenvalue weighted by molar-refractivity contribution is -0.384. The van der Waals surface area contributed by atoms with Crippen LogP contribution in [0.2, 0.25) is 0 Å². The van der Waals surface area contributed by atoms with Crippen molar-refractivity contribution < 1.29 is 9.72 Å². The topological polar surface area (TPSA) is 87.8 Å². The molecule has 1 N–H and O–H groups in total. The van der Waals surface area contributed by atoms with Gasteiger partial charge in [0.2, 0.25) is 5.91 Å². The minimum absolute atomic E-state index is 0.0233. The van der Waals surface area contributed by atoms with Gasteiger partial charge in [0.15, 0.2) is 0 Å². The first-order valence-electron chi connectivity index (χ1n) is 5.17. The molecule has 0 unspecified atom stereocenters. The Bertz CT molecular complexity index is 497. The number of hydrazone groups is 1. The lowest BCUT2D eigenvalue weighted by Gasteiger charge is -2.14. The van der Waals surface area contributed by atoms with E-state index in [0.717, 1.165) is 5.69 Å². The fourth-order valence-electron chi connectivity index (χ4n) is 1.36. The first-order valence-corrected chi connectivity index (χ1v) is 5.17. The second-order valence-electron chi connectivity index (χ2n) is 3.82. The van der Waals surface area contributed by atoms with Gasteiger partial charge in [-0.3, -0.25) is 14.9 Å². The van der Waals surface area contributed by atoms with Gasteiger partial charge in [0.25, 0.3) is 5.69 Å². The van der Waals surface area contributed by atoms with Crippen LogP contribution in [0.5, 0.6) is 0 Å². The fourth-order valence-corrected chi connectivity index (χ4v) is 1.36. The van der Waals surface area contributed by atoms with E-state index in [1.165, 1.54) is 25.3 Å². The smallest absolute Gasteiger partial charge is 0.270 e. The van der Waals surface area contributed by atoms with Crippen LogP contribution in [-0.2, 0) is 4.79 Å². The first-order chi connectivity index (χ1) is 8.41. The molecule has 1 amide bonds. The summed E-state index contributed by atoms with van der Waals surface area (Å²) >= 11 is 0. The zero-order valence-corrected chi connectivity index (χ0v) is 10.4. The maximum absolute atomic E-state index is 10.7. The Morgan fingerprint density at radius 1 is 1.50 bits per heavy atom. The molecule has 1 rings (SSSR count). The Morgan fingerprint density at radius 2 is 2.17 bits per heavy atom. The molecule has 96 valence electrons. The number of carbonyl (C=O) groups excluding carboxylic acids is 1. The zero-order chi connectivity index (χ0) is 13.7. The minimum atomic E-state index is -0.477. The average Bonchev–Trinajstić information content (AvgIpc) is 2.27. The molecule has 0 atom stereocenters. The van der Waals surface area contributed by atoms with Crippen LogP contribution < -0.4 is 10.3 Å². The molecule has 0 bridgehead atoms. The highest BCUT2D eigenvalue weighted by molar-refractivity contribution is 5.89. The van der Waals surface area contributed by atoms with Gasteiger partial charge in [-0.2, -0.15) is 5.10 Å². The maximum Gasteiger partial charge on any atom is 0.270 e. The molecule has 7 heteroatoms. The van der Waals surface area contributed by atoms with Crippen LogP contribution in [0.3, 0.4) is 0 Å². The maximum atomic E-state index is 10.7. The highest BCUT2D eigenvalue weighted by atomic mass is 16.6. The third kappa shape index (κ3) is 3.55. The summed E-state index contributed by atoms with van der Waals surface area (Å²) < 4.78 is 0. The van der Waals surface area contributed by atoms with Crippen molar-refractivity contribution >= 4 is 23.5 Å². The number of rotatable bonds is 4. The number of anilines is 1. The monoisotopic (exact) mass is 250 g/mol. The molecular formula is C11H14N4O3. The highest BCUT2D eigenvalue weighted by Crippen LogP contribution is 2.22. The molecule has 18 heavy (non-hydrogen) atoms. The summed E-state index contributed by atoms with van der Waals surface area (Å²) in [6.45, 7) is 1.33. The zero-order valence-electron chi connectivity index (χ0n) is 10.4. The third-order valence-corrected chi connectivity index (χ3v) is 2.13. The number of nitrogens with zero attached hydrogens (tertiary/aromatic N) is 3. The Morgan fingerprint density at radius 3 is 2.67 bits per heavy atom. The van der Waals surface area contributed by atoms with E-state index in [-0.39, 0.29) is 11.6 Å². The molecule has 0 fully saturated rings. The van der Waals surface area contributed by atoms with Crippen LogP contribution in [0.1, 0.15) is 12.5 Å².